The Labute approximate surface area is 541 Å². The van der Waals surface area contributed by atoms with E-state index in [1.54, 1.807) is 0 Å². The van der Waals surface area contributed by atoms with Gasteiger partial charge in [-0.25, -0.2) is 0 Å². The van der Waals surface area contributed by atoms with Crippen LogP contribution in [0.1, 0.15) is 58.4 Å². The molecule has 0 atom stereocenters. The van der Waals surface area contributed by atoms with Gasteiger partial charge in [0.15, 0.2) is 0 Å². The highest BCUT2D eigenvalue weighted by Gasteiger charge is 2.51. The monoisotopic (exact) mass is 1180 g/mol. The maximum atomic E-state index is 2.92. The van der Waals surface area contributed by atoms with Crippen LogP contribution in [0.15, 0.2) is 279 Å². The molecule has 92 heavy (non-hydrogen) atoms. The van der Waals surface area contributed by atoms with Crippen molar-refractivity contribution in [3.05, 3.63) is 285 Å². The minimum absolute atomic E-state index is 0.0962. The number of anilines is 13. The van der Waals surface area contributed by atoms with Crippen LogP contribution in [-0.4, -0.2) is 25.5 Å². The van der Waals surface area contributed by atoms with Crippen molar-refractivity contribution in [2.24, 2.45) is 11.8 Å². The van der Waals surface area contributed by atoms with E-state index in [1.807, 2.05) is 0 Å². The largest absolute Gasteiger partial charge is 0.365 e. The standard InChI is InChI=1S/C85H69B2N5/c1-85(2,3)61-49-78-82-79(50-61)92(84-68(58-28-12-5-13-29-58)47-60(57-26-10-4-11-27-57)48-69(84)59-30-14-6-15-31-59)77-54-76-72(53-73(77)87(82)70-38-22-24-40-74(70)89(78)62-32-16-7-17-33-62)86-71-39-23-25-41-75(71)90(63-34-18-8-19-35-63)80-51-67(88-65-43-55-42-56(45-65)46-66(88)44-55)52-81(83(80)86)91(76)64-36-20-9-21-37-64/h4-41,47-56,65-66H,42-46H2,1-3H3. The summed E-state index contributed by atoms with van der Waals surface area (Å²) in [6.07, 6.45) is 6.56. The van der Waals surface area contributed by atoms with E-state index in [0.717, 1.165) is 40.0 Å². The number of hydrogen-bond acceptors (Lipinski definition) is 5. The van der Waals surface area contributed by atoms with Gasteiger partial charge in [0.2, 0.25) is 0 Å². The van der Waals surface area contributed by atoms with Crippen LogP contribution >= 0.6 is 0 Å². The Bertz CT molecular complexity index is 4810. The first-order chi connectivity index (χ1) is 45.3. The van der Waals surface area contributed by atoms with E-state index in [1.165, 1.54) is 150 Å². The van der Waals surface area contributed by atoms with E-state index in [-0.39, 0.29) is 18.8 Å². The summed E-state index contributed by atoms with van der Waals surface area (Å²) >= 11 is 0. The van der Waals surface area contributed by atoms with Crippen LogP contribution in [0.5, 0.6) is 0 Å². The summed E-state index contributed by atoms with van der Waals surface area (Å²) in [5, 5.41) is 0. The summed E-state index contributed by atoms with van der Waals surface area (Å²) in [5.41, 5.74) is 31.7. The Morgan fingerprint density at radius 2 is 0.663 bits per heavy atom. The lowest BCUT2D eigenvalue weighted by Crippen LogP contribution is -2.65. The summed E-state index contributed by atoms with van der Waals surface area (Å²) in [5.74, 6) is 1.67. The van der Waals surface area contributed by atoms with Gasteiger partial charge < -0.3 is 24.5 Å². The van der Waals surface area contributed by atoms with Gasteiger partial charge in [-0.15, -0.1) is 0 Å². The van der Waals surface area contributed by atoms with Crippen LogP contribution in [0.2, 0.25) is 0 Å². The Balaban J connectivity index is 0.969. The Morgan fingerprint density at radius 1 is 0.293 bits per heavy atom. The predicted molar refractivity (Wildman–Crippen MR) is 390 cm³/mol. The van der Waals surface area contributed by atoms with Gasteiger partial charge in [0.1, 0.15) is 0 Å². The van der Waals surface area contributed by atoms with Gasteiger partial charge in [-0.2, -0.15) is 0 Å². The Morgan fingerprint density at radius 3 is 1.11 bits per heavy atom. The predicted octanol–water partition coefficient (Wildman–Crippen LogP) is 17.9. The summed E-state index contributed by atoms with van der Waals surface area (Å²) in [6.45, 7) is 6.93. The van der Waals surface area contributed by atoms with E-state index in [9.17, 15) is 0 Å². The van der Waals surface area contributed by atoms with Crippen LogP contribution in [0.4, 0.5) is 73.9 Å². The average Bonchev–Trinajstić information content (AvgIpc) is 0.684. The van der Waals surface area contributed by atoms with Gasteiger partial charge in [-0.1, -0.05) is 209 Å². The van der Waals surface area contributed by atoms with Crippen molar-refractivity contribution in [2.75, 3.05) is 24.5 Å². The molecule has 5 nitrogen and oxygen atoms in total. The molecule has 2 saturated carbocycles. The number of hydrogen-bond donors (Lipinski definition) is 0. The molecule has 2 aliphatic carbocycles. The van der Waals surface area contributed by atoms with E-state index in [4.69, 9.17) is 0 Å². The van der Waals surface area contributed by atoms with Gasteiger partial charge in [0.25, 0.3) is 13.4 Å². The molecule has 12 aromatic rings. The molecule has 0 aromatic heterocycles. The third kappa shape index (κ3) is 8.19. The van der Waals surface area contributed by atoms with Crippen molar-refractivity contribution in [3.63, 3.8) is 0 Å². The second-order valence-corrected chi connectivity index (χ2v) is 28.0. The zero-order valence-corrected chi connectivity index (χ0v) is 52.3. The number of benzene rings is 12. The molecule has 12 aromatic carbocycles. The van der Waals surface area contributed by atoms with Crippen molar-refractivity contribution in [3.8, 4) is 33.4 Å². The molecule has 0 N–H and O–H groups in total. The van der Waals surface area contributed by atoms with Crippen LogP contribution in [0.25, 0.3) is 33.4 Å². The molecule has 4 bridgehead atoms. The molecule has 0 amide bonds. The van der Waals surface area contributed by atoms with Crippen molar-refractivity contribution in [2.45, 2.75) is 70.4 Å². The molecule has 0 unspecified atom stereocenters. The second-order valence-electron chi connectivity index (χ2n) is 28.0. The highest BCUT2D eigenvalue weighted by atomic mass is 15.2. The number of fused-ring (bicyclic) bond motifs is 8. The number of piperidine rings is 2. The zero-order chi connectivity index (χ0) is 60.9. The Hall–Kier alpha value is -10.2. The lowest BCUT2D eigenvalue weighted by atomic mass is 9.30. The number of rotatable bonds is 8. The van der Waals surface area contributed by atoms with E-state index in [2.05, 4.69) is 324 Å². The molecule has 2 saturated heterocycles. The van der Waals surface area contributed by atoms with Gasteiger partial charge >= 0.3 is 0 Å². The minimum Gasteiger partial charge on any atom is -0.365 e. The maximum Gasteiger partial charge on any atom is 0.252 e. The minimum atomic E-state index is -0.220. The highest BCUT2D eigenvalue weighted by molar-refractivity contribution is 7.03. The zero-order valence-electron chi connectivity index (χ0n) is 52.3. The van der Waals surface area contributed by atoms with E-state index >= 15 is 0 Å². The third-order valence-corrected chi connectivity index (χ3v) is 21.7. The fourth-order valence-corrected chi connectivity index (χ4v) is 18.1. The summed E-state index contributed by atoms with van der Waals surface area (Å²) in [4.78, 5) is 13.5. The summed E-state index contributed by atoms with van der Waals surface area (Å²) in [6, 6.07) is 108. The van der Waals surface area contributed by atoms with Crippen LogP contribution < -0.4 is 57.3 Å². The smallest absolute Gasteiger partial charge is 0.252 e. The van der Waals surface area contributed by atoms with Gasteiger partial charge in [-0.3, -0.25) is 0 Å². The normalized spacial score (nSPS) is 18.4. The maximum absolute atomic E-state index is 2.92. The summed E-state index contributed by atoms with van der Waals surface area (Å²) in [7, 11) is 0. The molecular formula is C85H69B2N5. The molecular weight excluding hydrogens is 1110 g/mol. The second kappa shape index (κ2) is 20.6. The van der Waals surface area contributed by atoms with Crippen molar-refractivity contribution < 1.29 is 0 Å². The SMILES string of the molecule is CC(C)(C)c1cc2c3c(c1)N(c1c(-c4ccccc4)cc(-c4ccccc4)cc1-c1ccccc1)c1cc4c(cc1B3c1ccccc1N2c1ccccc1)B1c2ccccc2N(c2ccccc2)c2cc(N3C5CC6CC(C5)CC3C6)cc(c21)N4c1ccccc1. The number of nitrogens with zero attached hydrogens (tertiary/aromatic N) is 5. The molecule has 6 heterocycles. The average molecular weight is 1180 g/mol. The molecule has 440 valence electrons. The van der Waals surface area contributed by atoms with Gasteiger partial charge in [0.05, 0.1) is 5.69 Å². The first kappa shape index (κ1) is 53.6. The van der Waals surface area contributed by atoms with Crippen LogP contribution in [0, 0.1) is 11.8 Å². The molecule has 20 rings (SSSR count). The third-order valence-electron chi connectivity index (χ3n) is 21.7. The van der Waals surface area contributed by atoms with Crippen LogP contribution in [0.3, 0.4) is 0 Å². The lowest BCUT2D eigenvalue weighted by Gasteiger charge is -2.58. The van der Waals surface area contributed by atoms with Crippen molar-refractivity contribution in [1.29, 1.82) is 0 Å². The van der Waals surface area contributed by atoms with Crippen molar-refractivity contribution in [1.82, 2.24) is 0 Å². The van der Waals surface area contributed by atoms with Crippen molar-refractivity contribution >= 4 is 120 Å². The first-order valence-corrected chi connectivity index (χ1v) is 33.5. The molecule has 0 radical (unpaired) electrons. The highest BCUT2D eigenvalue weighted by Crippen LogP contribution is 2.56. The molecule has 6 aliphatic heterocycles. The van der Waals surface area contributed by atoms with E-state index in [0.29, 0.717) is 12.1 Å². The number of para-hydroxylation sites is 5. The van der Waals surface area contributed by atoms with Crippen LogP contribution in [-0.2, 0) is 5.41 Å². The first-order valence-electron chi connectivity index (χ1n) is 33.5. The Kier molecular flexibility index (Phi) is 12.0. The quantitative estimate of drug-likeness (QED) is 0.141. The fourth-order valence-electron chi connectivity index (χ4n) is 18.1. The fraction of sp³-hybridized carbons (Fsp3) is 0.153. The topological polar surface area (TPSA) is 16.2 Å². The molecule has 4 fully saturated rings. The van der Waals surface area contributed by atoms with Gasteiger partial charge in [-0.05, 0) is 201 Å². The lowest BCUT2D eigenvalue weighted by molar-refractivity contribution is 0.0900. The summed E-state index contributed by atoms with van der Waals surface area (Å²) < 4.78 is 0. The molecule has 7 heteroatoms. The van der Waals surface area contributed by atoms with E-state index < -0.39 is 0 Å². The molecule has 8 aliphatic rings. The van der Waals surface area contributed by atoms with Gasteiger partial charge in [0, 0.05) is 91.5 Å². The molecule has 0 spiro atoms.